The molecule has 0 bridgehead atoms. The van der Waals surface area contributed by atoms with Crippen molar-refractivity contribution >= 4 is 45.4 Å². The van der Waals surface area contributed by atoms with Gasteiger partial charge >= 0.3 is 11.0 Å². The molecule has 0 aliphatic carbocycles. The second-order valence-corrected chi connectivity index (χ2v) is 6.58. The fraction of sp³-hybridized carbons (Fsp3) is 0.111. The summed E-state index contributed by atoms with van der Waals surface area (Å²) in [6.45, 7) is 1.27. The van der Waals surface area contributed by atoms with Crippen LogP contribution in [0.25, 0.3) is 23.1 Å². The van der Waals surface area contributed by atoms with Gasteiger partial charge in [-0.1, -0.05) is 23.5 Å². The Morgan fingerprint density at radius 1 is 1.23 bits per heavy atom. The monoisotopic (exact) mass is 370 g/mol. The van der Waals surface area contributed by atoms with Crippen LogP contribution in [0.4, 0.5) is 5.00 Å². The highest BCUT2D eigenvalue weighted by Gasteiger charge is 2.16. The number of nitro groups is 1. The molecule has 2 heterocycles. The van der Waals surface area contributed by atoms with E-state index in [1.54, 1.807) is 43.5 Å². The van der Waals surface area contributed by atoms with Crippen LogP contribution in [0.3, 0.4) is 0 Å². The van der Waals surface area contributed by atoms with Crippen LogP contribution in [0.1, 0.15) is 17.4 Å². The molecule has 0 unspecified atom stereocenters. The highest BCUT2D eigenvalue weighted by molar-refractivity contribution is 7.16. The molecule has 3 rings (SSSR count). The number of ether oxygens (including phenoxy) is 1. The molecule has 7 nitrogen and oxygen atoms in total. The van der Waals surface area contributed by atoms with Crippen molar-refractivity contribution < 1.29 is 14.5 Å². The van der Waals surface area contributed by atoms with Gasteiger partial charge in [0.05, 0.1) is 16.0 Å². The van der Waals surface area contributed by atoms with E-state index in [0.717, 1.165) is 11.3 Å². The van der Waals surface area contributed by atoms with E-state index >= 15 is 0 Å². The fourth-order valence-electron chi connectivity index (χ4n) is 2.59. The Morgan fingerprint density at radius 3 is 2.62 bits per heavy atom. The normalized spacial score (nSPS) is 11.2. The van der Waals surface area contributed by atoms with Crippen LogP contribution >= 0.6 is 11.3 Å². The minimum absolute atomic E-state index is 0.0104. The number of pyridine rings is 1. The van der Waals surface area contributed by atoms with E-state index in [4.69, 9.17) is 4.74 Å². The summed E-state index contributed by atoms with van der Waals surface area (Å²) in [7, 11) is 1.63. The highest BCUT2D eigenvalue weighted by Crippen LogP contribution is 2.30. The van der Waals surface area contributed by atoms with Gasteiger partial charge in [0.15, 0.2) is 5.75 Å². The zero-order valence-electron chi connectivity index (χ0n) is 14.0. The third-order valence-electron chi connectivity index (χ3n) is 3.74. The number of para-hydroxylation sites is 1. The van der Waals surface area contributed by atoms with Gasteiger partial charge in [0.2, 0.25) is 0 Å². The van der Waals surface area contributed by atoms with Crippen LogP contribution in [0.15, 0.2) is 41.2 Å². The SMILES string of the molecule is CC(=O)Oc1c(/C=C/c2ccc([N+](=O)[O-])s2)c(=O)n(C)c2ccccc12. The van der Waals surface area contributed by atoms with Gasteiger partial charge in [0.25, 0.3) is 5.56 Å². The summed E-state index contributed by atoms with van der Waals surface area (Å²) >= 11 is 0.991. The van der Waals surface area contributed by atoms with Crippen LogP contribution in [0, 0.1) is 10.1 Å². The minimum Gasteiger partial charge on any atom is -0.425 e. The zero-order valence-corrected chi connectivity index (χ0v) is 14.8. The first-order chi connectivity index (χ1) is 12.4. The molecule has 0 fully saturated rings. The molecule has 3 aromatic rings. The molecule has 0 amide bonds. The molecular formula is C18H14N2O5S. The number of carbonyl (C=O) groups is 1. The molecule has 1 aromatic carbocycles. The molecule has 26 heavy (non-hydrogen) atoms. The van der Waals surface area contributed by atoms with Gasteiger partial charge in [-0.3, -0.25) is 19.7 Å². The summed E-state index contributed by atoms with van der Waals surface area (Å²) in [5.41, 5.74) is 0.511. The van der Waals surface area contributed by atoms with Gasteiger partial charge in [-0.05, 0) is 30.4 Å². The van der Waals surface area contributed by atoms with Crippen LogP contribution in [-0.4, -0.2) is 15.5 Å². The lowest BCUT2D eigenvalue weighted by Gasteiger charge is -2.12. The second kappa shape index (κ2) is 6.93. The smallest absolute Gasteiger partial charge is 0.324 e. The lowest BCUT2D eigenvalue weighted by Crippen LogP contribution is -2.21. The van der Waals surface area contributed by atoms with E-state index in [0.29, 0.717) is 15.8 Å². The number of aromatic nitrogens is 1. The Bertz CT molecular complexity index is 1110. The molecule has 0 saturated carbocycles. The number of hydrogen-bond acceptors (Lipinski definition) is 6. The van der Waals surface area contributed by atoms with E-state index in [1.165, 1.54) is 23.6 Å². The average Bonchev–Trinajstić information content (AvgIpc) is 3.08. The average molecular weight is 370 g/mol. The molecule has 0 radical (unpaired) electrons. The van der Waals surface area contributed by atoms with E-state index in [2.05, 4.69) is 0 Å². The Labute approximate surface area is 151 Å². The molecule has 2 aromatic heterocycles. The fourth-order valence-corrected chi connectivity index (χ4v) is 3.31. The summed E-state index contributed by atoms with van der Waals surface area (Å²) in [4.78, 5) is 35.2. The molecule has 132 valence electrons. The van der Waals surface area contributed by atoms with Crippen LogP contribution in [0.5, 0.6) is 5.75 Å². The molecular weight excluding hydrogens is 356 g/mol. The maximum Gasteiger partial charge on any atom is 0.324 e. The molecule has 0 N–H and O–H groups in total. The summed E-state index contributed by atoms with van der Waals surface area (Å²) in [5, 5.41) is 11.4. The van der Waals surface area contributed by atoms with Crippen LogP contribution < -0.4 is 10.3 Å². The van der Waals surface area contributed by atoms with Gasteiger partial charge in [-0.15, -0.1) is 0 Å². The number of fused-ring (bicyclic) bond motifs is 1. The maximum absolute atomic E-state index is 12.7. The number of rotatable bonds is 4. The van der Waals surface area contributed by atoms with Crippen molar-refractivity contribution in [1.29, 1.82) is 0 Å². The van der Waals surface area contributed by atoms with E-state index < -0.39 is 10.9 Å². The summed E-state index contributed by atoms with van der Waals surface area (Å²) in [6.07, 6.45) is 3.11. The van der Waals surface area contributed by atoms with E-state index in [-0.39, 0.29) is 21.9 Å². The zero-order chi connectivity index (χ0) is 18.8. The first-order valence-corrected chi connectivity index (χ1v) is 8.42. The molecule has 0 aliphatic rings. The summed E-state index contributed by atoms with van der Waals surface area (Å²) < 4.78 is 6.79. The van der Waals surface area contributed by atoms with Gasteiger partial charge in [-0.25, -0.2) is 0 Å². The van der Waals surface area contributed by atoms with Gasteiger partial charge in [-0.2, -0.15) is 0 Å². The Hall–Kier alpha value is -3.26. The van der Waals surface area contributed by atoms with Gasteiger partial charge in [0.1, 0.15) is 0 Å². The largest absolute Gasteiger partial charge is 0.425 e. The summed E-state index contributed by atoms with van der Waals surface area (Å²) in [6, 6.07) is 10.1. The first kappa shape index (κ1) is 17.6. The third-order valence-corrected chi connectivity index (χ3v) is 4.74. The van der Waals surface area contributed by atoms with Crippen molar-refractivity contribution in [3.8, 4) is 5.75 Å². The number of esters is 1. The first-order valence-electron chi connectivity index (χ1n) is 7.61. The number of benzene rings is 1. The van der Waals surface area contributed by atoms with Crippen LogP contribution in [-0.2, 0) is 11.8 Å². The molecule has 0 spiro atoms. The molecule has 0 saturated heterocycles. The Kier molecular flexibility index (Phi) is 4.68. The van der Waals surface area contributed by atoms with Gasteiger partial charge < -0.3 is 9.30 Å². The summed E-state index contributed by atoms with van der Waals surface area (Å²) in [5.74, 6) is -0.358. The molecule has 0 atom stereocenters. The lowest BCUT2D eigenvalue weighted by atomic mass is 10.1. The van der Waals surface area contributed by atoms with Crippen molar-refractivity contribution in [3.63, 3.8) is 0 Å². The van der Waals surface area contributed by atoms with Crippen molar-refractivity contribution in [2.24, 2.45) is 7.05 Å². The lowest BCUT2D eigenvalue weighted by molar-refractivity contribution is -0.380. The Balaban J connectivity index is 2.18. The van der Waals surface area contributed by atoms with Crippen molar-refractivity contribution in [2.45, 2.75) is 6.92 Å². The highest BCUT2D eigenvalue weighted by atomic mass is 32.1. The standard InChI is InChI=1S/C18H14N2O5S/c1-11(21)25-17-13-5-3-4-6-15(13)19(2)18(22)14(17)9-7-12-8-10-16(26-12)20(23)24/h3-10H,1-2H3/b9-7+. The number of hydrogen-bond donors (Lipinski definition) is 0. The van der Waals surface area contributed by atoms with E-state index in [9.17, 15) is 19.7 Å². The molecule has 0 aliphatic heterocycles. The molecule has 8 heteroatoms. The van der Waals surface area contributed by atoms with Crippen LogP contribution in [0.2, 0.25) is 0 Å². The number of nitrogens with zero attached hydrogens (tertiary/aromatic N) is 2. The van der Waals surface area contributed by atoms with Gasteiger partial charge in [0, 0.05) is 30.3 Å². The maximum atomic E-state index is 12.7. The minimum atomic E-state index is -0.537. The number of aryl methyl sites for hydroxylation is 1. The Morgan fingerprint density at radius 2 is 1.96 bits per heavy atom. The second-order valence-electron chi connectivity index (χ2n) is 5.48. The third kappa shape index (κ3) is 3.27. The quantitative estimate of drug-likeness (QED) is 0.397. The van der Waals surface area contributed by atoms with E-state index in [1.807, 2.05) is 0 Å². The number of carbonyl (C=O) groups excluding carboxylic acids is 1. The predicted octanol–water partition coefficient (Wildman–Crippen LogP) is 3.60. The van der Waals surface area contributed by atoms with Crippen molar-refractivity contribution in [2.75, 3.05) is 0 Å². The van der Waals surface area contributed by atoms with Crippen molar-refractivity contribution in [1.82, 2.24) is 4.57 Å². The topological polar surface area (TPSA) is 91.4 Å². The predicted molar refractivity (Wildman–Crippen MR) is 100 cm³/mol. The van der Waals surface area contributed by atoms with Crippen molar-refractivity contribution in [3.05, 3.63) is 67.3 Å². The number of thiophene rings is 1.